The zero-order valence-corrected chi connectivity index (χ0v) is 15.4. The third-order valence-electron chi connectivity index (χ3n) is 4.06. The molecule has 0 saturated carbocycles. The number of sulfonamides is 1. The lowest BCUT2D eigenvalue weighted by molar-refractivity contribution is -0.385. The molecule has 0 fully saturated rings. The van der Waals surface area contributed by atoms with Crippen LogP contribution in [0, 0.1) is 10.1 Å². The van der Waals surface area contributed by atoms with Gasteiger partial charge in [0, 0.05) is 24.7 Å². The number of primary sulfonamides is 1. The maximum atomic E-state index is 11.8. The van der Waals surface area contributed by atoms with Gasteiger partial charge in [-0.25, -0.2) is 13.6 Å². The Morgan fingerprint density at radius 2 is 1.85 bits per heavy atom. The standard InChI is InChI=1S/C17H22N4O4S/c1-20(2)15(10-13-6-4-3-5-7-13)12-19-16-9-8-14(21(22)23)11-17(16)26(18,24)25/h3-9,11,15,19H,10,12H2,1-2H3,(H2,18,24,25). The smallest absolute Gasteiger partial charge is 0.270 e. The third kappa shape index (κ3) is 5.25. The molecule has 0 spiro atoms. The number of benzene rings is 2. The van der Waals surface area contributed by atoms with Gasteiger partial charge < -0.3 is 10.2 Å². The zero-order chi connectivity index (χ0) is 19.3. The van der Waals surface area contributed by atoms with E-state index < -0.39 is 14.9 Å². The van der Waals surface area contributed by atoms with Crippen molar-refractivity contribution in [1.29, 1.82) is 0 Å². The molecule has 0 radical (unpaired) electrons. The van der Waals surface area contributed by atoms with Crippen LogP contribution in [0.1, 0.15) is 5.56 Å². The second-order valence-corrected chi connectivity index (χ2v) is 7.70. The monoisotopic (exact) mass is 378 g/mol. The van der Waals surface area contributed by atoms with Crippen molar-refractivity contribution in [3.05, 3.63) is 64.2 Å². The minimum atomic E-state index is -4.10. The number of likely N-dealkylation sites (N-methyl/N-ethyl adjacent to an activating group) is 1. The molecule has 0 aliphatic heterocycles. The summed E-state index contributed by atoms with van der Waals surface area (Å²) in [7, 11) is -0.225. The van der Waals surface area contributed by atoms with E-state index >= 15 is 0 Å². The Kier molecular flexibility index (Phi) is 6.30. The van der Waals surface area contributed by atoms with Crippen molar-refractivity contribution in [3.8, 4) is 0 Å². The lowest BCUT2D eigenvalue weighted by Crippen LogP contribution is -2.36. The maximum absolute atomic E-state index is 11.8. The summed E-state index contributed by atoms with van der Waals surface area (Å²) in [6, 6.07) is 13.6. The number of nitro groups is 1. The minimum absolute atomic E-state index is 0.0842. The van der Waals surface area contributed by atoms with Crippen molar-refractivity contribution in [2.45, 2.75) is 17.4 Å². The van der Waals surface area contributed by atoms with Crippen LogP contribution in [0.2, 0.25) is 0 Å². The maximum Gasteiger partial charge on any atom is 0.270 e. The van der Waals surface area contributed by atoms with Gasteiger partial charge in [0.2, 0.25) is 10.0 Å². The Morgan fingerprint density at radius 1 is 1.19 bits per heavy atom. The van der Waals surface area contributed by atoms with E-state index in [1.807, 2.05) is 49.3 Å². The normalized spacial score (nSPS) is 12.8. The first-order chi connectivity index (χ1) is 12.2. The average molecular weight is 378 g/mol. The molecule has 3 N–H and O–H groups in total. The highest BCUT2D eigenvalue weighted by atomic mass is 32.2. The van der Waals surface area contributed by atoms with Crippen LogP contribution in [-0.4, -0.2) is 44.9 Å². The van der Waals surface area contributed by atoms with Crippen molar-refractivity contribution in [3.63, 3.8) is 0 Å². The molecule has 0 amide bonds. The third-order valence-corrected chi connectivity index (χ3v) is 5.01. The summed E-state index contributed by atoms with van der Waals surface area (Å²) in [5, 5.41) is 19.2. The zero-order valence-electron chi connectivity index (χ0n) is 14.6. The number of rotatable bonds is 8. The van der Waals surface area contributed by atoms with Crippen LogP contribution in [-0.2, 0) is 16.4 Å². The van der Waals surface area contributed by atoms with E-state index in [9.17, 15) is 18.5 Å². The predicted octanol–water partition coefficient (Wildman–Crippen LogP) is 1.83. The first-order valence-corrected chi connectivity index (χ1v) is 9.48. The largest absolute Gasteiger partial charge is 0.382 e. The van der Waals surface area contributed by atoms with Gasteiger partial charge in [-0.3, -0.25) is 10.1 Å². The Morgan fingerprint density at radius 3 is 2.38 bits per heavy atom. The van der Waals surface area contributed by atoms with Gasteiger partial charge in [0.05, 0.1) is 10.6 Å². The minimum Gasteiger partial charge on any atom is -0.382 e. The SMILES string of the molecule is CN(C)C(CNc1ccc([N+](=O)[O-])cc1S(N)(=O)=O)Cc1ccccc1. The van der Waals surface area contributed by atoms with Gasteiger partial charge in [-0.2, -0.15) is 0 Å². The molecule has 0 saturated heterocycles. The van der Waals surface area contributed by atoms with Gasteiger partial charge in [-0.15, -0.1) is 0 Å². The second kappa shape index (κ2) is 8.26. The van der Waals surface area contributed by atoms with Crippen LogP contribution >= 0.6 is 0 Å². The number of nitrogens with one attached hydrogen (secondary N) is 1. The number of hydrogen-bond acceptors (Lipinski definition) is 6. The highest BCUT2D eigenvalue weighted by Crippen LogP contribution is 2.25. The van der Waals surface area contributed by atoms with Gasteiger partial charge in [0.1, 0.15) is 4.90 Å². The molecule has 0 aromatic heterocycles. The van der Waals surface area contributed by atoms with E-state index in [0.717, 1.165) is 18.1 Å². The first-order valence-electron chi connectivity index (χ1n) is 7.94. The molecule has 0 heterocycles. The number of hydrogen-bond donors (Lipinski definition) is 2. The first kappa shape index (κ1) is 19.8. The summed E-state index contributed by atoms with van der Waals surface area (Å²) in [4.78, 5) is 12.0. The predicted molar refractivity (Wildman–Crippen MR) is 101 cm³/mol. The van der Waals surface area contributed by atoms with E-state index in [4.69, 9.17) is 5.14 Å². The lowest BCUT2D eigenvalue weighted by atomic mass is 10.1. The van der Waals surface area contributed by atoms with Crippen molar-refractivity contribution in [2.24, 2.45) is 5.14 Å². The second-order valence-electron chi connectivity index (χ2n) is 6.17. The molecule has 2 aromatic rings. The molecule has 0 aliphatic carbocycles. The van der Waals surface area contributed by atoms with E-state index in [1.54, 1.807) is 0 Å². The fourth-order valence-electron chi connectivity index (χ4n) is 2.56. The Bertz CT molecular complexity index is 870. The summed E-state index contributed by atoms with van der Waals surface area (Å²) in [5.41, 5.74) is 1.08. The summed E-state index contributed by atoms with van der Waals surface area (Å²) < 4.78 is 23.6. The molecule has 1 atom stereocenters. The van der Waals surface area contributed by atoms with Crippen molar-refractivity contribution < 1.29 is 13.3 Å². The fourth-order valence-corrected chi connectivity index (χ4v) is 3.29. The van der Waals surface area contributed by atoms with E-state index in [-0.39, 0.29) is 22.3 Å². The quantitative estimate of drug-likeness (QED) is 0.534. The van der Waals surface area contributed by atoms with Gasteiger partial charge in [-0.05, 0) is 32.1 Å². The molecule has 26 heavy (non-hydrogen) atoms. The summed E-state index contributed by atoms with van der Waals surface area (Å²) in [5.74, 6) is 0. The van der Waals surface area contributed by atoms with E-state index in [0.29, 0.717) is 6.54 Å². The number of nitro benzene ring substituents is 1. The van der Waals surface area contributed by atoms with Crippen LogP contribution in [0.3, 0.4) is 0 Å². The van der Waals surface area contributed by atoms with Crippen LogP contribution in [0.25, 0.3) is 0 Å². The molecule has 2 aromatic carbocycles. The Labute approximate surface area is 152 Å². The van der Waals surface area contributed by atoms with Crippen LogP contribution in [0.5, 0.6) is 0 Å². The van der Waals surface area contributed by atoms with Gasteiger partial charge >= 0.3 is 0 Å². The lowest BCUT2D eigenvalue weighted by Gasteiger charge is -2.25. The summed E-state index contributed by atoms with van der Waals surface area (Å²) in [6.45, 7) is 0.447. The number of anilines is 1. The molecule has 1 unspecified atom stereocenters. The van der Waals surface area contributed by atoms with Gasteiger partial charge in [0.15, 0.2) is 0 Å². The van der Waals surface area contributed by atoms with Gasteiger partial charge in [0.25, 0.3) is 5.69 Å². The van der Waals surface area contributed by atoms with Crippen LogP contribution < -0.4 is 10.5 Å². The fraction of sp³-hybridized carbons (Fsp3) is 0.294. The Balaban J connectivity index is 2.22. The summed E-state index contributed by atoms with van der Waals surface area (Å²) in [6.07, 6.45) is 0.762. The van der Waals surface area contributed by atoms with E-state index in [1.165, 1.54) is 12.1 Å². The molecule has 2 rings (SSSR count). The molecule has 0 bridgehead atoms. The topological polar surface area (TPSA) is 119 Å². The number of non-ortho nitro benzene ring substituents is 1. The highest BCUT2D eigenvalue weighted by Gasteiger charge is 2.20. The van der Waals surface area contributed by atoms with Crippen molar-refractivity contribution in [2.75, 3.05) is 26.0 Å². The summed E-state index contributed by atoms with van der Waals surface area (Å²) >= 11 is 0. The van der Waals surface area contributed by atoms with E-state index in [2.05, 4.69) is 5.32 Å². The number of nitrogens with zero attached hydrogens (tertiary/aromatic N) is 2. The van der Waals surface area contributed by atoms with Crippen LogP contribution in [0.15, 0.2) is 53.4 Å². The molecule has 0 aliphatic rings. The van der Waals surface area contributed by atoms with Crippen LogP contribution in [0.4, 0.5) is 11.4 Å². The van der Waals surface area contributed by atoms with Crippen molar-refractivity contribution in [1.82, 2.24) is 4.90 Å². The van der Waals surface area contributed by atoms with Gasteiger partial charge in [-0.1, -0.05) is 30.3 Å². The highest BCUT2D eigenvalue weighted by molar-refractivity contribution is 7.89. The molecular formula is C17H22N4O4S. The molecule has 9 heteroatoms. The molecule has 8 nitrogen and oxygen atoms in total. The molecule has 140 valence electrons. The number of nitrogens with two attached hydrogens (primary N) is 1. The molecular weight excluding hydrogens is 356 g/mol. The average Bonchev–Trinajstić information content (AvgIpc) is 2.58. The Hall–Kier alpha value is -2.49. The van der Waals surface area contributed by atoms with Crippen molar-refractivity contribution >= 4 is 21.4 Å².